The molecule has 0 heterocycles. The topological polar surface area (TPSA) is 108 Å². The lowest BCUT2D eigenvalue weighted by Gasteiger charge is -2.23. The van der Waals surface area contributed by atoms with Gasteiger partial charge in [-0.2, -0.15) is 5.10 Å². The number of amides is 1. The number of hydrogen-bond acceptors (Lipinski definition) is 6. The first-order valence-electron chi connectivity index (χ1n) is 9.75. The summed E-state index contributed by atoms with van der Waals surface area (Å²) in [4.78, 5) is 12.6. The normalized spacial score (nSPS) is 11.4. The van der Waals surface area contributed by atoms with E-state index in [0.717, 1.165) is 9.87 Å². The number of benzene rings is 3. The number of phenolic OH excluding ortho intramolecular Hbond substituents is 1. The molecule has 3 aromatic carbocycles. The van der Waals surface area contributed by atoms with Gasteiger partial charge in [-0.3, -0.25) is 9.10 Å². The molecule has 0 radical (unpaired) electrons. The molecule has 8 nitrogen and oxygen atoms in total. The van der Waals surface area contributed by atoms with Crippen LogP contribution in [0, 0.1) is 6.92 Å². The summed E-state index contributed by atoms with van der Waals surface area (Å²) in [6.07, 6.45) is 1.24. The van der Waals surface area contributed by atoms with Crippen molar-refractivity contribution in [3.05, 3.63) is 82.9 Å². The second-order valence-corrected chi connectivity index (χ2v) is 9.29. The maximum Gasteiger partial charge on any atom is 0.264 e. The molecule has 0 saturated heterocycles. The van der Waals surface area contributed by atoms with Gasteiger partial charge in [0.1, 0.15) is 6.54 Å². The number of halogens is 1. The van der Waals surface area contributed by atoms with Crippen molar-refractivity contribution >= 4 is 39.4 Å². The Bertz CT molecular complexity index is 1260. The summed E-state index contributed by atoms with van der Waals surface area (Å²) in [5.74, 6) is -0.554. The molecule has 0 aliphatic carbocycles. The van der Waals surface area contributed by atoms with Crippen molar-refractivity contribution in [2.45, 2.75) is 11.8 Å². The number of para-hydroxylation sites is 1. The summed E-state index contributed by atoms with van der Waals surface area (Å²) in [5.41, 5.74) is 3.87. The Morgan fingerprint density at radius 1 is 1.12 bits per heavy atom. The monoisotopic (exact) mass is 487 g/mol. The van der Waals surface area contributed by atoms with Gasteiger partial charge in [0.05, 0.1) is 23.9 Å². The number of aryl methyl sites for hydroxylation is 1. The molecule has 1 amide bonds. The van der Waals surface area contributed by atoms with Gasteiger partial charge in [0, 0.05) is 10.6 Å². The Kier molecular flexibility index (Phi) is 7.57. The average Bonchev–Trinajstić information content (AvgIpc) is 2.79. The number of methoxy groups -OCH3 is 1. The highest BCUT2D eigenvalue weighted by molar-refractivity contribution is 7.92. The number of anilines is 1. The van der Waals surface area contributed by atoms with E-state index >= 15 is 0 Å². The van der Waals surface area contributed by atoms with Crippen LogP contribution >= 0.6 is 11.6 Å². The predicted octanol–water partition coefficient (Wildman–Crippen LogP) is 3.71. The summed E-state index contributed by atoms with van der Waals surface area (Å²) >= 11 is 5.88. The molecule has 0 atom stereocenters. The standard InChI is InChI=1S/C23H22ClN3O5S/c1-16-6-10-19(11-7-16)27(33(30,31)20-12-8-18(24)9-13-20)15-22(28)26-25-14-17-4-3-5-21(32-2)23(17)29/h3-14,29H,15H2,1-2H3,(H,26,28)/b25-14-. The maximum absolute atomic E-state index is 13.3. The zero-order valence-electron chi connectivity index (χ0n) is 17.9. The van der Waals surface area contributed by atoms with Crippen molar-refractivity contribution in [1.82, 2.24) is 5.43 Å². The van der Waals surface area contributed by atoms with Crippen molar-refractivity contribution in [2.75, 3.05) is 18.0 Å². The Labute approximate surface area is 197 Å². The van der Waals surface area contributed by atoms with Crippen molar-refractivity contribution in [3.8, 4) is 11.5 Å². The van der Waals surface area contributed by atoms with Gasteiger partial charge in [0.2, 0.25) is 0 Å². The molecule has 2 N–H and O–H groups in total. The lowest BCUT2D eigenvalue weighted by molar-refractivity contribution is -0.119. The number of rotatable bonds is 8. The van der Waals surface area contributed by atoms with E-state index in [9.17, 15) is 18.3 Å². The number of sulfonamides is 1. The van der Waals surface area contributed by atoms with Gasteiger partial charge in [-0.1, -0.05) is 35.4 Å². The summed E-state index contributed by atoms with van der Waals surface area (Å²) in [5, 5.41) is 14.3. The fourth-order valence-electron chi connectivity index (χ4n) is 2.91. The van der Waals surface area contributed by atoms with E-state index in [0.29, 0.717) is 16.3 Å². The third-order valence-electron chi connectivity index (χ3n) is 4.65. The number of nitrogens with zero attached hydrogens (tertiary/aromatic N) is 2. The molecule has 3 aromatic rings. The highest BCUT2D eigenvalue weighted by atomic mass is 35.5. The highest BCUT2D eigenvalue weighted by Gasteiger charge is 2.27. The van der Waals surface area contributed by atoms with Crippen LogP contribution in [-0.4, -0.2) is 39.3 Å². The van der Waals surface area contributed by atoms with Gasteiger partial charge in [-0.05, 0) is 55.5 Å². The Morgan fingerprint density at radius 2 is 1.79 bits per heavy atom. The Morgan fingerprint density at radius 3 is 2.42 bits per heavy atom. The van der Waals surface area contributed by atoms with E-state index in [1.807, 2.05) is 6.92 Å². The number of aromatic hydroxyl groups is 1. The predicted molar refractivity (Wildman–Crippen MR) is 128 cm³/mol. The van der Waals surface area contributed by atoms with Crippen LogP contribution in [0.2, 0.25) is 5.02 Å². The summed E-state index contributed by atoms with van der Waals surface area (Å²) in [6, 6.07) is 17.2. The summed E-state index contributed by atoms with van der Waals surface area (Å²) < 4.78 is 32.6. The van der Waals surface area contributed by atoms with Gasteiger partial charge < -0.3 is 9.84 Å². The van der Waals surface area contributed by atoms with Crippen LogP contribution in [0.15, 0.2) is 76.7 Å². The number of nitrogens with one attached hydrogen (secondary N) is 1. The molecule has 3 rings (SSSR count). The molecule has 33 heavy (non-hydrogen) atoms. The van der Waals surface area contributed by atoms with E-state index in [1.165, 1.54) is 37.6 Å². The minimum atomic E-state index is -4.07. The molecule has 0 aliphatic heterocycles. The summed E-state index contributed by atoms with van der Waals surface area (Å²) in [7, 11) is -2.65. The SMILES string of the molecule is COc1cccc(/C=N\NC(=O)CN(c2ccc(C)cc2)S(=O)(=O)c2ccc(Cl)cc2)c1O. The lowest BCUT2D eigenvalue weighted by atomic mass is 10.2. The number of carbonyl (C=O) groups is 1. The molecule has 0 aromatic heterocycles. The van der Waals surface area contributed by atoms with Crippen molar-refractivity contribution in [1.29, 1.82) is 0 Å². The molecular formula is C23H22ClN3O5S. The first-order valence-corrected chi connectivity index (χ1v) is 11.6. The van der Waals surface area contributed by atoms with Crippen LogP contribution in [0.1, 0.15) is 11.1 Å². The van der Waals surface area contributed by atoms with Crippen LogP contribution in [-0.2, 0) is 14.8 Å². The third kappa shape index (κ3) is 5.82. The van der Waals surface area contributed by atoms with Gasteiger partial charge in [-0.25, -0.2) is 13.8 Å². The van der Waals surface area contributed by atoms with Crippen LogP contribution in [0.3, 0.4) is 0 Å². The maximum atomic E-state index is 13.3. The zero-order valence-corrected chi connectivity index (χ0v) is 19.5. The van der Waals surface area contributed by atoms with Crippen LogP contribution in [0.5, 0.6) is 11.5 Å². The van der Waals surface area contributed by atoms with Crippen molar-refractivity contribution in [2.24, 2.45) is 5.10 Å². The Balaban J connectivity index is 1.84. The largest absolute Gasteiger partial charge is 0.504 e. The second-order valence-electron chi connectivity index (χ2n) is 6.99. The molecule has 172 valence electrons. The van der Waals surface area contributed by atoms with Gasteiger partial charge in [0.25, 0.3) is 15.9 Å². The summed E-state index contributed by atoms with van der Waals surface area (Å²) in [6.45, 7) is 1.35. The molecule has 10 heteroatoms. The van der Waals surface area contributed by atoms with E-state index in [2.05, 4.69) is 10.5 Å². The molecule has 0 bridgehead atoms. The first-order chi connectivity index (χ1) is 15.7. The van der Waals surface area contributed by atoms with E-state index in [4.69, 9.17) is 16.3 Å². The molecule has 0 unspecified atom stereocenters. The van der Waals surface area contributed by atoms with Crippen LogP contribution < -0.4 is 14.5 Å². The van der Waals surface area contributed by atoms with Gasteiger partial charge in [0.15, 0.2) is 11.5 Å². The third-order valence-corrected chi connectivity index (χ3v) is 6.69. The van der Waals surface area contributed by atoms with E-state index in [1.54, 1.807) is 42.5 Å². The molecule has 0 fully saturated rings. The minimum absolute atomic E-state index is 0.00919. The molecule has 0 spiro atoms. The minimum Gasteiger partial charge on any atom is -0.504 e. The highest BCUT2D eigenvalue weighted by Crippen LogP contribution is 2.28. The van der Waals surface area contributed by atoms with Gasteiger partial charge in [-0.15, -0.1) is 0 Å². The lowest BCUT2D eigenvalue weighted by Crippen LogP contribution is -2.39. The quantitative estimate of drug-likeness (QED) is 0.372. The van der Waals surface area contributed by atoms with Gasteiger partial charge >= 0.3 is 0 Å². The zero-order chi connectivity index (χ0) is 24.0. The van der Waals surface area contributed by atoms with E-state index in [-0.39, 0.29) is 16.4 Å². The number of hydrazone groups is 1. The number of carbonyl (C=O) groups excluding carboxylic acids is 1. The number of hydrogen-bond donors (Lipinski definition) is 2. The van der Waals surface area contributed by atoms with Crippen LogP contribution in [0.4, 0.5) is 5.69 Å². The first kappa shape index (κ1) is 24.1. The fraction of sp³-hybridized carbons (Fsp3) is 0.130. The number of phenols is 1. The van der Waals surface area contributed by atoms with Crippen LogP contribution in [0.25, 0.3) is 0 Å². The molecule has 0 saturated carbocycles. The van der Waals surface area contributed by atoms with Crippen molar-refractivity contribution < 1.29 is 23.1 Å². The number of ether oxygens (including phenoxy) is 1. The molecular weight excluding hydrogens is 466 g/mol. The fourth-order valence-corrected chi connectivity index (χ4v) is 4.45. The van der Waals surface area contributed by atoms with E-state index < -0.39 is 22.5 Å². The van der Waals surface area contributed by atoms with Crippen molar-refractivity contribution in [3.63, 3.8) is 0 Å². The smallest absolute Gasteiger partial charge is 0.264 e. The second kappa shape index (κ2) is 10.4. The Hall–Kier alpha value is -3.56. The molecule has 0 aliphatic rings. The average molecular weight is 488 g/mol.